The fraction of sp³-hybridized carbons (Fsp3) is 0.174. The highest BCUT2D eigenvalue weighted by Crippen LogP contribution is 2.25. The van der Waals surface area contributed by atoms with Crippen molar-refractivity contribution in [2.75, 3.05) is 17.5 Å². The van der Waals surface area contributed by atoms with E-state index in [1.165, 1.54) is 36.4 Å². The first-order valence-electron chi connectivity index (χ1n) is 10.1. The van der Waals surface area contributed by atoms with Gasteiger partial charge in [-0.05, 0) is 48.9 Å². The molecule has 0 radical (unpaired) electrons. The molecule has 0 fully saturated rings. The van der Waals surface area contributed by atoms with Gasteiger partial charge in [0.2, 0.25) is 5.91 Å². The molecule has 172 valence electrons. The number of nitrogens with one attached hydrogen (secondary N) is 1. The van der Waals surface area contributed by atoms with Crippen molar-refractivity contribution >= 4 is 27.3 Å². The number of carbonyl (C=O) groups excluding carboxylic acids is 1. The number of non-ortho nitro benzene ring substituents is 1. The lowest BCUT2D eigenvalue weighted by atomic mass is 10.2. The van der Waals surface area contributed by atoms with Crippen LogP contribution in [0.2, 0.25) is 0 Å². The summed E-state index contributed by atoms with van der Waals surface area (Å²) in [4.78, 5) is 23.1. The highest BCUT2D eigenvalue weighted by molar-refractivity contribution is 7.92. The summed E-state index contributed by atoms with van der Waals surface area (Å²) in [6, 6.07) is 19.9. The van der Waals surface area contributed by atoms with Crippen LogP contribution in [0.1, 0.15) is 12.5 Å². The van der Waals surface area contributed by atoms with Crippen LogP contribution < -0.4 is 14.4 Å². The summed E-state index contributed by atoms with van der Waals surface area (Å²) in [6.45, 7) is 2.13. The summed E-state index contributed by atoms with van der Waals surface area (Å²) >= 11 is 0. The molecule has 3 rings (SSSR count). The predicted octanol–water partition coefficient (Wildman–Crippen LogP) is 3.51. The molecule has 0 aliphatic rings. The molecule has 0 aromatic heterocycles. The van der Waals surface area contributed by atoms with Gasteiger partial charge in [-0.25, -0.2) is 8.42 Å². The van der Waals surface area contributed by atoms with E-state index in [4.69, 9.17) is 4.74 Å². The monoisotopic (exact) mass is 469 g/mol. The molecule has 3 aromatic rings. The lowest BCUT2D eigenvalue weighted by Crippen LogP contribution is -2.40. The first-order valence-corrected chi connectivity index (χ1v) is 11.6. The number of hydrogen-bond acceptors (Lipinski definition) is 6. The second kappa shape index (κ2) is 10.6. The van der Waals surface area contributed by atoms with E-state index in [9.17, 15) is 23.3 Å². The molecule has 33 heavy (non-hydrogen) atoms. The van der Waals surface area contributed by atoms with Gasteiger partial charge in [-0.3, -0.25) is 19.2 Å². The molecule has 3 aromatic carbocycles. The van der Waals surface area contributed by atoms with Crippen molar-refractivity contribution in [3.63, 3.8) is 0 Å². The van der Waals surface area contributed by atoms with E-state index in [2.05, 4.69) is 5.32 Å². The van der Waals surface area contributed by atoms with Crippen LogP contribution in [0.5, 0.6) is 5.75 Å². The first kappa shape index (κ1) is 23.7. The van der Waals surface area contributed by atoms with E-state index < -0.39 is 27.4 Å². The Morgan fingerprint density at radius 1 is 1.00 bits per heavy atom. The number of nitrogens with zero attached hydrogens (tertiary/aromatic N) is 2. The van der Waals surface area contributed by atoms with Crippen LogP contribution in [-0.4, -0.2) is 32.4 Å². The molecule has 0 aliphatic carbocycles. The molecule has 9 nitrogen and oxygen atoms in total. The Labute approximate surface area is 191 Å². The fourth-order valence-corrected chi connectivity index (χ4v) is 4.47. The second-order valence-corrected chi connectivity index (χ2v) is 8.81. The van der Waals surface area contributed by atoms with Crippen molar-refractivity contribution in [3.05, 3.63) is 94.5 Å². The summed E-state index contributed by atoms with van der Waals surface area (Å²) in [5, 5.41) is 13.7. The largest absolute Gasteiger partial charge is 0.494 e. The molecule has 0 heterocycles. The number of amides is 1. The van der Waals surface area contributed by atoms with Crippen LogP contribution in [0, 0.1) is 10.1 Å². The van der Waals surface area contributed by atoms with Crippen LogP contribution in [0.25, 0.3) is 0 Å². The van der Waals surface area contributed by atoms with Gasteiger partial charge < -0.3 is 10.1 Å². The Hall–Kier alpha value is -3.92. The number of anilines is 1. The molecule has 0 aliphatic heterocycles. The van der Waals surface area contributed by atoms with Gasteiger partial charge in [0.05, 0.1) is 22.1 Å². The van der Waals surface area contributed by atoms with E-state index in [1.54, 1.807) is 42.5 Å². The van der Waals surface area contributed by atoms with Crippen LogP contribution in [0.3, 0.4) is 0 Å². The van der Waals surface area contributed by atoms with Gasteiger partial charge >= 0.3 is 0 Å². The molecular weight excluding hydrogens is 446 g/mol. The van der Waals surface area contributed by atoms with Gasteiger partial charge in [0.1, 0.15) is 12.3 Å². The van der Waals surface area contributed by atoms with Crippen molar-refractivity contribution in [1.29, 1.82) is 0 Å². The summed E-state index contributed by atoms with van der Waals surface area (Å²) < 4.78 is 32.8. The standard InChI is InChI=1S/C23H23N3O6S/c1-2-32-21-14-8-18(9-15-21)16-24-23(27)17-25(19-10-12-20(13-11-19)26(28)29)33(30,31)22-6-4-3-5-7-22/h3-15H,2,16-17H2,1H3,(H,24,27). The van der Waals surface area contributed by atoms with Gasteiger partial charge in [0, 0.05) is 18.7 Å². The van der Waals surface area contributed by atoms with Crippen molar-refractivity contribution in [3.8, 4) is 5.75 Å². The van der Waals surface area contributed by atoms with Gasteiger partial charge in [-0.2, -0.15) is 0 Å². The summed E-state index contributed by atoms with van der Waals surface area (Å²) in [5.74, 6) is 0.188. The molecule has 10 heteroatoms. The topological polar surface area (TPSA) is 119 Å². The minimum Gasteiger partial charge on any atom is -0.494 e. The third kappa shape index (κ3) is 6.07. The maximum absolute atomic E-state index is 13.3. The normalized spacial score (nSPS) is 10.9. The molecule has 0 spiro atoms. The first-order chi connectivity index (χ1) is 15.8. The highest BCUT2D eigenvalue weighted by atomic mass is 32.2. The van der Waals surface area contributed by atoms with Crippen molar-refractivity contribution in [2.24, 2.45) is 0 Å². The minimum absolute atomic E-state index is 0.00247. The summed E-state index contributed by atoms with van der Waals surface area (Å²) in [7, 11) is -4.09. The third-order valence-corrected chi connectivity index (χ3v) is 6.48. The minimum atomic E-state index is -4.09. The second-order valence-electron chi connectivity index (χ2n) is 6.95. The molecule has 0 unspecified atom stereocenters. The van der Waals surface area contributed by atoms with E-state index in [0.717, 1.165) is 9.87 Å². The summed E-state index contributed by atoms with van der Waals surface area (Å²) in [5.41, 5.74) is 0.774. The fourth-order valence-electron chi connectivity index (χ4n) is 3.03. The molecule has 0 bridgehead atoms. The van der Waals surface area contributed by atoms with Gasteiger partial charge in [-0.1, -0.05) is 30.3 Å². The van der Waals surface area contributed by atoms with Crippen LogP contribution >= 0.6 is 0 Å². The molecule has 1 amide bonds. The van der Waals surface area contributed by atoms with Gasteiger partial charge in [-0.15, -0.1) is 0 Å². The van der Waals surface area contributed by atoms with E-state index in [0.29, 0.717) is 12.4 Å². The van der Waals surface area contributed by atoms with Gasteiger partial charge in [0.15, 0.2) is 0 Å². The molecule has 0 saturated carbocycles. The Balaban J connectivity index is 1.80. The SMILES string of the molecule is CCOc1ccc(CNC(=O)CN(c2ccc([N+](=O)[O-])cc2)S(=O)(=O)c2ccccc2)cc1. The summed E-state index contributed by atoms with van der Waals surface area (Å²) in [6.07, 6.45) is 0. The lowest BCUT2D eigenvalue weighted by molar-refractivity contribution is -0.384. The number of sulfonamides is 1. The van der Waals surface area contributed by atoms with E-state index in [1.807, 2.05) is 6.92 Å². The molecular formula is C23H23N3O6S. The molecule has 0 atom stereocenters. The number of ether oxygens (including phenoxy) is 1. The van der Waals surface area contributed by atoms with Crippen molar-refractivity contribution in [1.82, 2.24) is 5.32 Å². The van der Waals surface area contributed by atoms with Crippen LogP contribution in [-0.2, 0) is 21.4 Å². The quantitative estimate of drug-likeness (QED) is 0.359. The number of carbonyl (C=O) groups is 1. The molecule has 0 saturated heterocycles. The smallest absolute Gasteiger partial charge is 0.269 e. The van der Waals surface area contributed by atoms with Gasteiger partial charge in [0.25, 0.3) is 15.7 Å². The zero-order valence-corrected chi connectivity index (χ0v) is 18.7. The zero-order valence-electron chi connectivity index (χ0n) is 17.9. The maximum atomic E-state index is 13.3. The van der Waals surface area contributed by atoms with Crippen LogP contribution in [0.15, 0.2) is 83.8 Å². The average molecular weight is 470 g/mol. The Bertz CT molecular complexity index is 1200. The Morgan fingerprint density at radius 2 is 1.64 bits per heavy atom. The van der Waals surface area contributed by atoms with Crippen LogP contribution in [0.4, 0.5) is 11.4 Å². The molecule has 1 N–H and O–H groups in total. The van der Waals surface area contributed by atoms with E-state index >= 15 is 0 Å². The van der Waals surface area contributed by atoms with Crippen molar-refractivity contribution < 1.29 is 22.9 Å². The lowest BCUT2D eigenvalue weighted by Gasteiger charge is -2.24. The number of nitro benzene ring substituents is 1. The number of hydrogen-bond donors (Lipinski definition) is 1. The van der Waals surface area contributed by atoms with Crippen molar-refractivity contribution in [2.45, 2.75) is 18.4 Å². The third-order valence-electron chi connectivity index (χ3n) is 4.69. The zero-order chi connectivity index (χ0) is 23.8. The average Bonchev–Trinajstić information content (AvgIpc) is 2.83. The number of rotatable bonds is 10. The Morgan fingerprint density at radius 3 is 2.21 bits per heavy atom. The predicted molar refractivity (Wildman–Crippen MR) is 124 cm³/mol. The van der Waals surface area contributed by atoms with E-state index in [-0.39, 0.29) is 22.8 Å². The maximum Gasteiger partial charge on any atom is 0.269 e. The number of benzene rings is 3. The Kier molecular flexibility index (Phi) is 7.62. The highest BCUT2D eigenvalue weighted by Gasteiger charge is 2.27. The number of nitro groups is 1.